The number of hydrogen-bond acceptors (Lipinski definition) is 9. The van der Waals surface area contributed by atoms with Gasteiger partial charge in [-0.05, 0) is 71.1 Å². The number of allylic oxidation sites excluding steroid dienone is 1. The molecule has 2 aliphatic rings. The molecule has 2 rings (SSSR count). The summed E-state index contributed by atoms with van der Waals surface area (Å²) < 4.78 is 32.9. The van der Waals surface area contributed by atoms with Crippen molar-refractivity contribution in [1.82, 2.24) is 4.90 Å². The number of rotatable bonds is 17. The summed E-state index contributed by atoms with van der Waals surface area (Å²) >= 11 is 0. The lowest BCUT2D eigenvalue weighted by atomic mass is 9.84. The van der Waals surface area contributed by atoms with Gasteiger partial charge in [0.1, 0.15) is 6.10 Å². The molecule has 0 spiro atoms. The molecule has 40 heavy (non-hydrogen) atoms. The molecule has 1 aliphatic heterocycles. The van der Waals surface area contributed by atoms with E-state index in [1.165, 1.54) is 19.6 Å². The van der Waals surface area contributed by atoms with Crippen LogP contribution in [0.3, 0.4) is 0 Å². The largest absolute Gasteiger partial charge is 0.508 e. The van der Waals surface area contributed by atoms with Crippen LogP contribution in [-0.4, -0.2) is 81.6 Å². The van der Waals surface area contributed by atoms with E-state index in [1.807, 2.05) is 0 Å². The van der Waals surface area contributed by atoms with Crippen molar-refractivity contribution in [2.45, 2.75) is 116 Å². The Balaban J connectivity index is 2.10. The number of unbranched alkanes of at least 4 members (excludes halogenated alkanes) is 2. The van der Waals surface area contributed by atoms with E-state index in [-0.39, 0.29) is 43.5 Å². The SMILES string of the molecule is CCOC(=O)OC(CCN(C(=O)OCC)C(CCCCC=CC(=O)OC)COC1CCCCO1)C1CCCCC1. The molecule has 1 heterocycles. The zero-order valence-corrected chi connectivity index (χ0v) is 24.8. The van der Waals surface area contributed by atoms with Crippen molar-refractivity contribution in [3.63, 3.8) is 0 Å². The van der Waals surface area contributed by atoms with E-state index in [1.54, 1.807) is 24.8 Å². The van der Waals surface area contributed by atoms with Gasteiger partial charge in [-0.2, -0.15) is 0 Å². The fourth-order valence-electron chi connectivity index (χ4n) is 5.35. The topological polar surface area (TPSA) is 110 Å². The highest BCUT2D eigenvalue weighted by atomic mass is 16.7. The first kappa shape index (κ1) is 33.9. The molecule has 10 heteroatoms. The number of carbonyl (C=O) groups is 3. The van der Waals surface area contributed by atoms with Crippen LogP contribution < -0.4 is 0 Å². The van der Waals surface area contributed by atoms with Gasteiger partial charge >= 0.3 is 18.2 Å². The van der Waals surface area contributed by atoms with Gasteiger partial charge in [0.15, 0.2) is 6.29 Å². The molecule has 1 aliphatic carbocycles. The minimum absolute atomic E-state index is 0.233. The molecular weight excluding hydrogens is 518 g/mol. The molecule has 230 valence electrons. The Morgan fingerprint density at radius 2 is 1.70 bits per heavy atom. The molecule has 10 nitrogen and oxygen atoms in total. The van der Waals surface area contributed by atoms with Crippen molar-refractivity contribution in [3.05, 3.63) is 12.2 Å². The number of nitrogens with zero attached hydrogens (tertiary/aromatic N) is 1. The second-order valence-corrected chi connectivity index (χ2v) is 10.4. The van der Waals surface area contributed by atoms with Crippen molar-refractivity contribution >= 4 is 18.2 Å². The maximum atomic E-state index is 13.2. The summed E-state index contributed by atoms with van der Waals surface area (Å²) in [4.78, 5) is 38.5. The first-order chi connectivity index (χ1) is 19.5. The molecule has 0 N–H and O–H groups in total. The van der Waals surface area contributed by atoms with Crippen LogP contribution in [0.5, 0.6) is 0 Å². The van der Waals surface area contributed by atoms with Gasteiger partial charge in [0.25, 0.3) is 0 Å². The summed E-state index contributed by atoms with van der Waals surface area (Å²) in [6.07, 6.45) is 13.5. The molecule has 2 fully saturated rings. The predicted octanol–water partition coefficient (Wildman–Crippen LogP) is 6.16. The molecule has 3 unspecified atom stereocenters. The Kier molecular flexibility index (Phi) is 17.4. The van der Waals surface area contributed by atoms with Crippen LogP contribution in [0.2, 0.25) is 0 Å². The number of hydrogen-bond donors (Lipinski definition) is 0. The Bertz CT molecular complexity index is 747. The number of ether oxygens (including phenoxy) is 6. The normalized spacial score (nSPS) is 19.5. The molecule has 0 bridgehead atoms. The summed E-state index contributed by atoms with van der Waals surface area (Å²) in [6.45, 7) is 5.44. The van der Waals surface area contributed by atoms with E-state index in [0.29, 0.717) is 32.6 Å². The molecule has 0 aromatic carbocycles. The quantitative estimate of drug-likeness (QED) is 0.0880. The second kappa shape index (κ2) is 20.5. The Morgan fingerprint density at radius 3 is 2.38 bits per heavy atom. The highest BCUT2D eigenvalue weighted by Crippen LogP contribution is 2.30. The minimum atomic E-state index is -0.657. The average molecular weight is 570 g/mol. The van der Waals surface area contributed by atoms with E-state index in [0.717, 1.165) is 64.2 Å². The first-order valence-corrected chi connectivity index (χ1v) is 15.2. The van der Waals surface area contributed by atoms with E-state index < -0.39 is 12.2 Å². The van der Waals surface area contributed by atoms with Crippen LogP contribution in [0.1, 0.15) is 97.3 Å². The highest BCUT2D eigenvalue weighted by molar-refractivity contribution is 5.81. The monoisotopic (exact) mass is 569 g/mol. The summed E-state index contributed by atoms with van der Waals surface area (Å²) in [5.41, 5.74) is 0. The van der Waals surface area contributed by atoms with Gasteiger partial charge in [-0.1, -0.05) is 31.8 Å². The average Bonchev–Trinajstić information content (AvgIpc) is 2.97. The minimum Gasteiger partial charge on any atom is -0.466 e. The van der Waals surface area contributed by atoms with Gasteiger partial charge in [0.2, 0.25) is 0 Å². The maximum absolute atomic E-state index is 13.2. The summed E-state index contributed by atoms with van der Waals surface area (Å²) in [5, 5.41) is 0. The molecule has 0 radical (unpaired) electrons. The fraction of sp³-hybridized carbons (Fsp3) is 0.833. The molecule has 0 aromatic rings. The fourth-order valence-corrected chi connectivity index (χ4v) is 5.35. The Labute approximate surface area is 240 Å². The molecular formula is C30H51NO9. The lowest BCUT2D eigenvalue weighted by Gasteiger charge is -2.35. The van der Waals surface area contributed by atoms with Crippen molar-refractivity contribution < 1.29 is 42.8 Å². The number of amides is 1. The van der Waals surface area contributed by atoms with Gasteiger partial charge in [-0.15, -0.1) is 0 Å². The maximum Gasteiger partial charge on any atom is 0.508 e. The van der Waals surface area contributed by atoms with E-state index in [4.69, 9.17) is 23.7 Å². The molecule has 0 aromatic heterocycles. The zero-order valence-electron chi connectivity index (χ0n) is 24.8. The molecule has 3 atom stereocenters. The number of methoxy groups -OCH3 is 1. The van der Waals surface area contributed by atoms with Gasteiger partial charge < -0.3 is 33.3 Å². The summed E-state index contributed by atoms with van der Waals surface area (Å²) in [7, 11) is 1.36. The van der Waals surface area contributed by atoms with Crippen molar-refractivity contribution in [1.29, 1.82) is 0 Å². The van der Waals surface area contributed by atoms with Gasteiger partial charge in [0.05, 0.1) is 33.0 Å². The summed E-state index contributed by atoms with van der Waals surface area (Å²) in [6, 6.07) is -0.233. The Hall–Kier alpha value is -2.33. The number of esters is 1. The van der Waals surface area contributed by atoms with Gasteiger partial charge in [0, 0.05) is 25.6 Å². The van der Waals surface area contributed by atoms with E-state index in [9.17, 15) is 14.4 Å². The molecule has 1 saturated heterocycles. The number of carbonyl (C=O) groups excluding carboxylic acids is 3. The van der Waals surface area contributed by atoms with Crippen LogP contribution in [0, 0.1) is 5.92 Å². The predicted molar refractivity (Wildman–Crippen MR) is 150 cm³/mol. The third-order valence-electron chi connectivity index (χ3n) is 7.51. The standard InChI is InChI=1S/C30H51NO9/c1-4-36-29(33)31(21-20-26(40-30(34)37-5-2)24-15-9-8-10-16-24)25(23-39-28-19-13-14-22-38-28)17-11-6-7-12-18-27(32)35-3/h12,18,24-26,28H,4-11,13-17,19-23H2,1-3H3. The van der Waals surface area contributed by atoms with Crippen molar-refractivity contribution in [2.75, 3.05) is 40.1 Å². The zero-order chi connectivity index (χ0) is 29.0. The second-order valence-electron chi connectivity index (χ2n) is 10.4. The smallest absolute Gasteiger partial charge is 0.466 e. The van der Waals surface area contributed by atoms with Gasteiger partial charge in [-0.3, -0.25) is 0 Å². The van der Waals surface area contributed by atoms with Gasteiger partial charge in [-0.25, -0.2) is 14.4 Å². The third-order valence-corrected chi connectivity index (χ3v) is 7.51. The van der Waals surface area contributed by atoms with Crippen molar-refractivity contribution in [3.8, 4) is 0 Å². The van der Waals surface area contributed by atoms with E-state index >= 15 is 0 Å². The first-order valence-electron chi connectivity index (χ1n) is 15.2. The van der Waals surface area contributed by atoms with Crippen LogP contribution in [-0.2, 0) is 33.2 Å². The summed E-state index contributed by atoms with van der Waals surface area (Å²) in [5.74, 6) is -0.126. The van der Waals surface area contributed by atoms with Crippen LogP contribution >= 0.6 is 0 Å². The van der Waals surface area contributed by atoms with Crippen LogP contribution in [0.15, 0.2) is 12.2 Å². The van der Waals surface area contributed by atoms with Crippen LogP contribution in [0.4, 0.5) is 9.59 Å². The lowest BCUT2D eigenvalue weighted by Crippen LogP contribution is -2.46. The van der Waals surface area contributed by atoms with E-state index in [2.05, 4.69) is 4.74 Å². The van der Waals surface area contributed by atoms with Crippen molar-refractivity contribution in [2.24, 2.45) is 5.92 Å². The highest BCUT2D eigenvalue weighted by Gasteiger charge is 2.32. The molecule has 1 saturated carbocycles. The lowest BCUT2D eigenvalue weighted by molar-refractivity contribution is -0.170. The Morgan fingerprint density at radius 1 is 0.950 bits per heavy atom. The molecule has 1 amide bonds. The van der Waals surface area contributed by atoms with Crippen LogP contribution in [0.25, 0.3) is 0 Å². The third kappa shape index (κ3) is 13.4.